The molecule has 0 aliphatic carbocycles. The molecule has 9 heteroatoms. The van der Waals surface area contributed by atoms with Gasteiger partial charge in [0.05, 0.1) is 23.2 Å². The van der Waals surface area contributed by atoms with Crippen LogP contribution >= 0.6 is 27.5 Å². The van der Waals surface area contributed by atoms with Crippen molar-refractivity contribution in [3.63, 3.8) is 0 Å². The summed E-state index contributed by atoms with van der Waals surface area (Å²) in [4.78, 5) is 26.2. The second-order valence-electron chi connectivity index (χ2n) is 7.40. The lowest BCUT2D eigenvalue weighted by molar-refractivity contribution is -0.385. The van der Waals surface area contributed by atoms with Crippen LogP contribution in [0.2, 0.25) is 5.02 Å². The van der Waals surface area contributed by atoms with Crippen molar-refractivity contribution in [2.75, 3.05) is 13.7 Å². The molecule has 1 heterocycles. The normalized spacial score (nSPS) is 15.4. The van der Waals surface area contributed by atoms with Gasteiger partial charge in [-0.3, -0.25) is 14.9 Å². The van der Waals surface area contributed by atoms with Crippen LogP contribution in [0.1, 0.15) is 33.0 Å². The number of ether oxygens (including phenoxy) is 1. The van der Waals surface area contributed by atoms with E-state index < -0.39 is 16.7 Å². The number of nitrogens with zero attached hydrogens (tertiary/aromatic N) is 2. The molecule has 3 aromatic rings. The van der Waals surface area contributed by atoms with Gasteiger partial charge in [-0.2, -0.15) is 0 Å². The van der Waals surface area contributed by atoms with Crippen molar-refractivity contribution in [1.29, 1.82) is 0 Å². The summed E-state index contributed by atoms with van der Waals surface area (Å²) in [5.41, 5.74) is 1.47. The second-order valence-corrected chi connectivity index (χ2v) is 8.72. The minimum Gasteiger partial charge on any atom is -0.497 e. The Hall–Kier alpha value is -2.97. The van der Waals surface area contributed by atoms with E-state index in [9.17, 15) is 19.3 Å². The predicted molar refractivity (Wildman–Crippen MR) is 122 cm³/mol. The Balaban J connectivity index is 1.85. The van der Waals surface area contributed by atoms with E-state index in [-0.39, 0.29) is 40.8 Å². The molecule has 3 aromatic carbocycles. The van der Waals surface area contributed by atoms with Gasteiger partial charge in [0.15, 0.2) is 0 Å². The van der Waals surface area contributed by atoms with Crippen molar-refractivity contribution in [2.45, 2.75) is 12.5 Å². The number of halogens is 3. The lowest BCUT2D eigenvalue weighted by atomic mass is 9.83. The van der Waals surface area contributed by atoms with Crippen LogP contribution in [0.5, 0.6) is 5.75 Å². The molecule has 0 bridgehead atoms. The van der Waals surface area contributed by atoms with Crippen LogP contribution in [0.4, 0.5) is 10.1 Å². The number of carbonyl (C=O) groups is 1. The van der Waals surface area contributed by atoms with E-state index in [0.29, 0.717) is 15.8 Å². The standard InChI is InChI=1S/C23H17BrClFN2O4/c1-32-16-5-2-13(3-6-16)11-27-12-19(17-10-15(26)4-7-20(17)25)22-18(23(27)29)8-14(24)9-21(22)28(30)31/h2-10,19H,11-12H2,1H3. The Morgan fingerprint density at radius 2 is 1.94 bits per heavy atom. The maximum atomic E-state index is 14.1. The van der Waals surface area contributed by atoms with Crippen LogP contribution in [0.15, 0.2) is 59.1 Å². The van der Waals surface area contributed by atoms with E-state index in [1.54, 1.807) is 30.2 Å². The highest BCUT2D eigenvalue weighted by Gasteiger charge is 2.39. The highest BCUT2D eigenvalue weighted by Crippen LogP contribution is 2.43. The van der Waals surface area contributed by atoms with Gasteiger partial charge in [-0.1, -0.05) is 39.7 Å². The summed E-state index contributed by atoms with van der Waals surface area (Å²) in [6.45, 7) is 0.384. The van der Waals surface area contributed by atoms with Crippen molar-refractivity contribution >= 4 is 39.1 Å². The molecule has 0 radical (unpaired) electrons. The van der Waals surface area contributed by atoms with Crippen molar-refractivity contribution in [2.24, 2.45) is 0 Å². The Morgan fingerprint density at radius 1 is 1.22 bits per heavy atom. The fraction of sp³-hybridized carbons (Fsp3) is 0.174. The first kappa shape index (κ1) is 22.2. The Bertz CT molecular complexity index is 1220. The van der Waals surface area contributed by atoms with Gasteiger partial charge in [-0.25, -0.2) is 4.39 Å². The third kappa shape index (κ3) is 4.20. The molecule has 1 aliphatic rings. The number of hydrogen-bond acceptors (Lipinski definition) is 4. The molecule has 164 valence electrons. The Labute approximate surface area is 196 Å². The monoisotopic (exact) mass is 518 g/mol. The van der Waals surface area contributed by atoms with Crippen LogP contribution in [0.25, 0.3) is 0 Å². The van der Waals surface area contributed by atoms with Gasteiger partial charge in [-0.15, -0.1) is 0 Å². The molecule has 4 rings (SSSR count). The SMILES string of the molecule is COc1ccc(CN2CC(c3cc(F)ccc3Cl)c3c(cc(Br)cc3[N+](=O)[O-])C2=O)cc1. The molecule has 1 aliphatic heterocycles. The van der Waals surface area contributed by atoms with Crippen molar-refractivity contribution in [3.05, 3.63) is 102 Å². The number of fused-ring (bicyclic) bond motifs is 1. The predicted octanol–water partition coefficient (Wildman–Crippen LogP) is 5.95. The highest BCUT2D eigenvalue weighted by atomic mass is 79.9. The first-order chi connectivity index (χ1) is 15.3. The number of nitro benzene ring substituents is 1. The molecular weight excluding hydrogens is 503 g/mol. The maximum absolute atomic E-state index is 14.1. The number of rotatable bonds is 5. The van der Waals surface area contributed by atoms with Gasteiger partial charge in [0.1, 0.15) is 11.6 Å². The quantitative estimate of drug-likeness (QED) is 0.309. The van der Waals surface area contributed by atoms with Crippen LogP contribution in [0.3, 0.4) is 0 Å². The van der Waals surface area contributed by atoms with E-state index >= 15 is 0 Å². The Kier molecular flexibility index (Phi) is 6.17. The van der Waals surface area contributed by atoms with Crippen LogP contribution in [-0.2, 0) is 6.54 Å². The summed E-state index contributed by atoms with van der Waals surface area (Å²) in [7, 11) is 1.57. The summed E-state index contributed by atoms with van der Waals surface area (Å²) in [5, 5.41) is 12.1. The van der Waals surface area contributed by atoms with Gasteiger partial charge in [0.2, 0.25) is 0 Å². The lowest BCUT2D eigenvalue weighted by Gasteiger charge is -2.35. The summed E-state index contributed by atoms with van der Waals surface area (Å²) in [6, 6.07) is 14.1. The largest absolute Gasteiger partial charge is 0.497 e. The summed E-state index contributed by atoms with van der Waals surface area (Å²) < 4.78 is 19.7. The van der Waals surface area contributed by atoms with Crippen molar-refractivity contribution < 1.29 is 18.8 Å². The zero-order valence-electron chi connectivity index (χ0n) is 16.8. The maximum Gasteiger partial charge on any atom is 0.275 e. The van der Waals surface area contributed by atoms with Gasteiger partial charge in [0, 0.05) is 34.6 Å². The second kappa shape index (κ2) is 8.88. The van der Waals surface area contributed by atoms with Crippen LogP contribution in [0, 0.1) is 15.9 Å². The van der Waals surface area contributed by atoms with Gasteiger partial charge in [-0.05, 0) is 47.5 Å². The smallest absolute Gasteiger partial charge is 0.275 e. The molecule has 0 N–H and O–H groups in total. The molecular formula is C23H17BrClFN2O4. The summed E-state index contributed by atoms with van der Waals surface area (Å²) in [6.07, 6.45) is 0. The van der Waals surface area contributed by atoms with Gasteiger partial charge >= 0.3 is 0 Å². The van der Waals surface area contributed by atoms with Crippen LogP contribution in [-0.4, -0.2) is 29.4 Å². The molecule has 1 unspecified atom stereocenters. The van der Waals surface area contributed by atoms with E-state index in [1.807, 2.05) is 12.1 Å². The van der Waals surface area contributed by atoms with Gasteiger partial charge in [0.25, 0.3) is 11.6 Å². The third-order valence-electron chi connectivity index (χ3n) is 5.45. The van der Waals surface area contributed by atoms with E-state index in [2.05, 4.69) is 15.9 Å². The van der Waals surface area contributed by atoms with E-state index in [4.69, 9.17) is 16.3 Å². The number of methoxy groups -OCH3 is 1. The van der Waals surface area contributed by atoms with Crippen LogP contribution < -0.4 is 4.74 Å². The number of carbonyl (C=O) groups excluding carboxylic acids is 1. The van der Waals surface area contributed by atoms with Crippen molar-refractivity contribution in [1.82, 2.24) is 4.90 Å². The fourth-order valence-electron chi connectivity index (χ4n) is 3.99. The molecule has 32 heavy (non-hydrogen) atoms. The molecule has 1 amide bonds. The zero-order valence-corrected chi connectivity index (χ0v) is 19.2. The number of benzene rings is 3. The van der Waals surface area contributed by atoms with E-state index in [0.717, 1.165) is 5.56 Å². The van der Waals surface area contributed by atoms with E-state index in [1.165, 1.54) is 24.3 Å². The zero-order chi connectivity index (χ0) is 23.0. The molecule has 0 saturated heterocycles. The Morgan fingerprint density at radius 3 is 2.59 bits per heavy atom. The number of nitro groups is 1. The molecule has 1 atom stereocenters. The molecule has 0 fully saturated rings. The number of amides is 1. The minimum atomic E-state index is -0.669. The topological polar surface area (TPSA) is 72.7 Å². The summed E-state index contributed by atoms with van der Waals surface area (Å²) in [5.74, 6) is -0.834. The highest BCUT2D eigenvalue weighted by molar-refractivity contribution is 9.10. The molecule has 6 nitrogen and oxygen atoms in total. The van der Waals surface area contributed by atoms with Gasteiger partial charge < -0.3 is 9.64 Å². The first-order valence-electron chi connectivity index (χ1n) is 9.63. The summed E-state index contributed by atoms with van der Waals surface area (Å²) >= 11 is 9.64. The lowest BCUT2D eigenvalue weighted by Crippen LogP contribution is -2.40. The minimum absolute atomic E-state index is 0.115. The molecule has 0 aromatic heterocycles. The number of hydrogen-bond donors (Lipinski definition) is 0. The molecule has 0 spiro atoms. The van der Waals surface area contributed by atoms with Crippen molar-refractivity contribution in [3.8, 4) is 5.75 Å². The average molecular weight is 520 g/mol. The fourth-order valence-corrected chi connectivity index (χ4v) is 4.68. The molecule has 0 saturated carbocycles. The first-order valence-corrected chi connectivity index (χ1v) is 10.8. The average Bonchev–Trinajstić information content (AvgIpc) is 2.77. The third-order valence-corrected chi connectivity index (χ3v) is 6.26.